The summed E-state index contributed by atoms with van der Waals surface area (Å²) in [6.45, 7) is 4.90. The van der Waals surface area contributed by atoms with E-state index in [1.165, 1.54) is 76.6 Å². The van der Waals surface area contributed by atoms with Gasteiger partial charge >= 0.3 is 0 Å². The van der Waals surface area contributed by atoms with Crippen molar-refractivity contribution in [1.29, 1.82) is 0 Å². The third-order valence-corrected chi connectivity index (χ3v) is 15.5. The highest BCUT2D eigenvalue weighted by Gasteiger charge is 2.42. The zero-order chi connectivity index (χ0) is 39.5. The van der Waals surface area contributed by atoms with E-state index in [4.69, 9.17) is 9.97 Å². The van der Waals surface area contributed by atoms with Gasteiger partial charge in [-0.3, -0.25) is 0 Å². The van der Waals surface area contributed by atoms with E-state index >= 15 is 0 Å². The van der Waals surface area contributed by atoms with Gasteiger partial charge < -0.3 is 0 Å². The van der Waals surface area contributed by atoms with Gasteiger partial charge in [0.05, 0.1) is 5.69 Å². The number of hydrogen-bond donors (Lipinski definition) is 0. The monoisotopic (exact) mass is 768 g/mol. The largest absolute Gasteiger partial charge is 0.237 e. The van der Waals surface area contributed by atoms with Crippen LogP contribution in [-0.4, -0.2) is 18.0 Å². The number of aromatic nitrogens is 2. The molecule has 2 nitrogen and oxygen atoms in total. The molecule has 1 aliphatic rings. The minimum absolute atomic E-state index is 0.769. The maximum Gasteiger partial charge on any atom is 0.159 e. The summed E-state index contributed by atoms with van der Waals surface area (Å²) < 4.78 is 0. The van der Waals surface area contributed by atoms with E-state index in [1.807, 2.05) is 0 Å². The summed E-state index contributed by atoms with van der Waals surface area (Å²) in [5.74, 6) is 0.769. The van der Waals surface area contributed by atoms with Crippen molar-refractivity contribution >= 4 is 40.1 Å². The quantitative estimate of drug-likeness (QED) is 0.157. The first-order valence-electron chi connectivity index (χ1n) is 20.4. The fourth-order valence-corrected chi connectivity index (χ4v) is 12.1. The zero-order valence-electron chi connectivity index (χ0n) is 33.0. The highest BCUT2D eigenvalue weighted by molar-refractivity contribution is 7.03. The Kier molecular flexibility index (Phi) is 8.31. The van der Waals surface area contributed by atoms with Crippen molar-refractivity contribution in [3.63, 3.8) is 0 Å². The molecule has 0 saturated carbocycles. The minimum atomic E-state index is -2.23. The summed E-state index contributed by atoms with van der Waals surface area (Å²) in [6, 6.07) is 74.7. The third kappa shape index (κ3) is 6.02. The molecule has 2 heterocycles. The van der Waals surface area contributed by atoms with Gasteiger partial charge in [-0.2, -0.15) is 0 Å². The Morgan fingerprint density at radius 3 is 1.46 bits per heavy atom. The average molecular weight is 769 g/mol. The van der Waals surface area contributed by atoms with E-state index in [1.54, 1.807) is 0 Å². The lowest BCUT2D eigenvalue weighted by Crippen LogP contribution is -2.50. The van der Waals surface area contributed by atoms with Gasteiger partial charge in [0, 0.05) is 22.0 Å². The van der Waals surface area contributed by atoms with Gasteiger partial charge in [-0.25, -0.2) is 9.97 Å². The van der Waals surface area contributed by atoms with Crippen LogP contribution in [0, 0.1) is 0 Å². The molecule has 1 aromatic heterocycles. The van der Waals surface area contributed by atoms with E-state index in [9.17, 15) is 0 Å². The molecule has 0 amide bonds. The van der Waals surface area contributed by atoms with Gasteiger partial charge in [-0.05, 0) is 107 Å². The van der Waals surface area contributed by atoms with E-state index in [0.29, 0.717) is 0 Å². The van der Waals surface area contributed by atoms with Crippen molar-refractivity contribution in [1.82, 2.24) is 9.97 Å². The lowest BCUT2D eigenvalue weighted by atomic mass is 9.92. The van der Waals surface area contributed by atoms with Gasteiger partial charge in [-0.1, -0.05) is 189 Å². The van der Waals surface area contributed by atoms with Crippen LogP contribution in [0.2, 0.25) is 13.1 Å². The number of rotatable bonds is 6. The van der Waals surface area contributed by atoms with Crippen molar-refractivity contribution in [2.75, 3.05) is 0 Å². The molecule has 0 atom stereocenters. The number of fused-ring (bicyclic) bond motifs is 6. The van der Waals surface area contributed by atoms with Gasteiger partial charge in [-0.15, -0.1) is 0 Å². The number of nitrogens with zero attached hydrogens (tertiary/aromatic N) is 2. The van der Waals surface area contributed by atoms with E-state index in [-0.39, 0.29) is 0 Å². The van der Waals surface area contributed by atoms with Crippen LogP contribution in [-0.2, 0) is 0 Å². The maximum atomic E-state index is 5.59. The summed E-state index contributed by atoms with van der Waals surface area (Å²) in [5.41, 5.74) is 15.1. The van der Waals surface area contributed by atoms with Crippen LogP contribution in [0.1, 0.15) is 0 Å². The normalized spacial score (nSPS) is 12.7. The fourth-order valence-electron chi connectivity index (χ4n) is 9.20. The first kappa shape index (κ1) is 35.0. The molecule has 0 spiro atoms. The van der Waals surface area contributed by atoms with Crippen molar-refractivity contribution in [3.05, 3.63) is 206 Å². The van der Waals surface area contributed by atoms with Gasteiger partial charge in [0.25, 0.3) is 0 Å². The maximum absolute atomic E-state index is 5.59. The van der Waals surface area contributed by atoms with Crippen LogP contribution in [0.15, 0.2) is 206 Å². The SMILES string of the molecule is C[Si]1(C)c2ccc3ccccc3c2-c2c(-c3cccc4ccccc34)nc(-c3cccc(-c4cccc(-c5cc(-c6ccccc6)cc(-c6ccccc6)c5)c4)c3)nc21. The van der Waals surface area contributed by atoms with Crippen LogP contribution < -0.4 is 10.5 Å². The van der Waals surface area contributed by atoms with Crippen molar-refractivity contribution < 1.29 is 0 Å². The van der Waals surface area contributed by atoms with Crippen LogP contribution >= 0.6 is 0 Å². The average Bonchev–Trinajstić information content (AvgIpc) is 3.55. The van der Waals surface area contributed by atoms with Crippen molar-refractivity contribution in [2.45, 2.75) is 13.1 Å². The molecule has 11 rings (SSSR count). The second-order valence-corrected chi connectivity index (χ2v) is 20.4. The summed E-state index contributed by atoms with van der Waals surface area (Å²) in [7, 11) is -2.23. The first-order valence-corrected chi connectivity index (χ1v) is 23.4. The molecule has 0 saturated heterocycles. The highest BCUT2D eigenvalue weighted by atomic mass is 28.3. The molecular formula is C56H40N2Si. The Morgan fingerprint density at radius 1 is 0.339 bits per heavy atom. The number of hydrogen-bond acceptors (Lipinski definition) is 2. The summed E-state index contributed by atoms with van der Waals surface area (Å²) >= 11 is 0. The molecule has 1 aliphatic heterocycles. The van der Waals surface area contributed by atoms with Gasteiger partial charge in [0.15, 0.2) is 5.82 Å². The van der Waals surface area contributed by atoms with Crippen LogP contribution in [0.4, 0.5) is 0 Å². The van der Waals surface area contributed by atoms with Crippen molar-refractivity contribution in [2.24, 2.45) is 0 Å². The molecule has 3 heteroatoms. The summed E-state index contributed by atoms with van der Waals surface area (Å²) in [6.07, 6.45) is 0. The smallest absolute Gasteiger partial charge is 0.159 e. The number of benzene rings is 9. The summed E-state index contributed by atoms with van der Waals surface area (Å²) in [5, 5.41) is 7.56. The van der Waals surface area contributed by atoms with Gasteiger partial charge in [0.1, 0.15) is 8.07 Å². The highest BCUT2D eigenvalue weighted by Crippen LogP contribution is 2.42. The molecule has 278 valence electrons. The Bertz CT molecular complexity index is 3180. The lowest BCUT2D eigenvalue weighted by molar-refractivity contribution is 1.21. The van der Waals surface area contributed by atoms with Crippen LogP contribution in [0.3, 0.4) is 0 Å². The molecule has 10 aromatic rings. The predicted molar refractivity (Wildman–Crippen MR) is 252 cm³/mol. The molecular weight excluding hydrogens is 729 g/mol. The Labute approximate surface area is 346 Å². The second kappa shape index (κ2) is 14.0. The Hall–Kier alpha value is -7.20. The minimum Gasteiger partial charge on any atom is -0.237 e. The molecule has 0 radical (unpaired) electrons. The van der Waals surface area contributed by atoms with E-state index in [0.717, 1.165) is 33.8 Å². The Balaban J connectivity index is 1.07. The molecule has 0 N–H and O–H groups in total. The topological polar surface area (TPSA) is 25.8 Å². The zero-order valence-corrected chi connectivity index (χ0v) is 34.0. The van der Waals surface area contributed by atoms with Crippen LogP contribution in [0.5, 0.6) is 0 Å². The molecule has 0 aliphatic carbocycles. The van der Waals surface area contributed by atoms with Crippen molar-refractivity contribution in [3.8, 4) is 78.3 Å². The Morgan fingerprint density at radius 2 is 0.797 bits per heavy atom. The molecule has 9 aromatic carbocycles. The molecule has 0 bridgehead atoms. The van der Waals surface area contributed by atoms with E-state index in [2.05, 4.69) is 219 Å². The lowest BCUT2D eigenvalue weighted by Gasteiger charge is -2.19. The van der Waals surface area contributed by atoms with E-state index < -0.39 is 8.07 Å². The summed E-state index contributed by atoms with van der Waals surface area (Å²) in [4.78, 5) is 11.2. The molecule has 59 heavy (non-hydrogen) atoms. The third-order valence-electron chi connectivity index (χ3n) is 12.2. The predicted octanol–water partition coefficient (Wildman–Crippen LogP) is 13.6. The van der Waals surface area contributed by atoms with Gasteiger partial charge in [0.2, 0.25) is 0 Å². The second-order valence-electron chi connectivity index (χ2n) is 16.2. The first-order chi connectivity index (χ1) is 29.0. The molecule has 0 fully saturated rings. The molecule has 0 unspecified atom stereocenters. The standard InChI is InChI=1S/C56H40N2Si/c1-59(2)51-31-30-40-21-10-12-28-49(40)52(51)53-54(50-29-15-22-39-20-9-11-27-48(39)50)57-55(58-56(53)59)44-26-14-24-42(33-44)41-23-13-25-43(32-41)47-35-45(37-16-5-3-6-17-37)34-46(36-47)38-18-7-4-8-19-38/h3-36H,1-2H3. The fraction of sp³-hybridized carbons (Fsp3) is 0.0357. The van der Waals surface area contributed by atoms with Crippen LogP contribution in [0.25, 0.3) is 99.8 Å².